The normalized spacial score (nSPS) is 22.7. The lowest BCUT2D eigenvalue weighted by molar-refractivity contribution is 0.271. The first-order chi connectivity index (χ1) is 8.46. The minimum absolute atomic E-state index is 0.108. The summed E-state index contributed by atoms with van der Waals surface area (Å²) in [6, 6.07) is 5.91. The maximum Gasteiger partial charge on any atom is 0.153 e. The first-order valence-corrected chi connectivity index (χ1v) is 7.92. The summed E-state index contributed by atoms with van der Waals surface area (Å²) >= 11 is 0. The van der Waals surface area contributed by atoms with E-state index >= 15 is 0 Å². The lowest BCUT2D eigenvalue weighted by atomic mass is 10.1. The Morgan fingerprint density at radius 3 is 2.89 bits per heavy atom. The summed E-state index contributed by atoms with van der Waals surface area (Å²) in [7, 11) is -2.90. The average molecular weight is 269 g/mol. The van der Waals surface area contributed by atoms with Gasteiger partial charge in [0.05, 0.1) is 17.5 Å². The van der Waals surface area contributed by atoms with E-state index in [1.807, 2.05) is 32.0 Å². The van der Waals surface area contributed by atoms with E-state index in [-0.39, 0.29) is 17.5 Å². The second-order valence-electron chi connectivity index (χ2n) is 4.85. The average Bonchev–Trinajstić information content (AvgIpc) is 2.29. The molecule has 1 aliphatic rings. The number of ether oxygens (including phenoxy) is 1. The van der Waals surface area contributed by atoms with Gasteiger partial charge in [0.1, 0.15) is 12.4 Å². The van der Waals surface area contributed by atoms with E-state index in [1.165, 1.54) is 0 Å². The number of hydrogen-bond donors (Lipinski definition) is 1. The molecule has 1 atom stereocenters. The summed E-state index contributed by atoms with van der Waals surface area (Å²) in [5.41, 5.74) is 2.21. The van der Waals surface area contributed by atoms with Crippen LogP contribution in [-0.4, -0.2) is 39.1 Å². The summed E-state index contributed by atoms with van der Waals surface area (Å²) in [4.78, 5) is 0. The van der Waals surface area contributed by atoms with Crippen molar-refractivity contribution >= 4 is 9.84 Å². The van der Waals surface area contributed by atoms with Crippen molar-refractivity contribution in [3.8, 4) is 5.75 Å². The Balaban J connectivity index is 1.97. The number of sulfone groups is 1. The van der Waals surface area contributed by atoms with Crippen molar-refractivity contribution in [2.24, 2.45) is 0 Å². The van der Waals surface area contributed by atoms with E-state index in [9.17, 15) is 8.42 Å². The zero-order chi connectivity index (χ0) is 13.2. The van der Waals surface area contributed by atoms with Crippen LogP contribution < -0.4 is 10.1 Å². The van der Waals surface area contributed by atoms with Crippen LogP contribution in [0, 0.1) is 13.8 Å². The van der Waals surface area contributed by atoms with E-state index in [0.717, 1.165) is 16.9 Å². The van der Waals surface area contributed by atoms with Crippen molar-refractivity contribution in [3.05, 3.63) is 29.3 Å². The zero-order valence-corrected chi connectivity index (χ0v) is 11.6. The Labute approximate surface area is 108 Å². The molecule has 1 aromatic rings. The number of benzene rings is 1. The molecule has 0 amide bonds. The van der Waals surface area contributed by atoms with Gasteiger partial charge in [0, 0.05) is 6.54 Å². The summed E-state index contributed by atoms with van der Waals surface area (Å²) < 4.78 is 28.7. The van der Waals surface area contributed by atoms with Crippen LogP contribution in [-0.2, 0) is 9.84 Å². The predicted octanol–water partition coefficient (Wildman–Crippen LogP) is 1.07. The van der Waals surface area contributed by atoms with Gasteiger partial charge in [-0.3, -0.25) is 0 Å². The first-order valence-electron chi connectivity index (χ1n) is 6.10. The first kappa shape index (κ1) is 13.4. The largest absolute Gasteiger partial charge is 0.492 e. The smallest absolute Gasteiger partial charge is 0.153 e. The molecule has 4 nitrogen and oxygen atoms in total. The van der Waals surface area contributed by atoms with Crippen LogP contribution in [0.1, 0.15) is 11.1 Å². The summed E-state index contributed by atoms with van der Waals surface area (Å²) in [6.45, 7) is 4.90. The summed E-state index contributed by atoms with van der Waals surface area (Å²) in [5.74, 6) is 1.23. The Morgan fingerprint density at radius 2 is 2.17 bits per heavy atom. The van der Waals surface area contributed by atoms with Crippen LogP contribution in [0.25, 0.3) is 0 Å². The molecular weight excluding hydrogens is 250 g/mol. The van der Waals surface area contributed by atoms with E-state index < -0.39 is 9.84 Å². The quantitative estimate of drug-likeness (QED) is 0.892. The molecule has 0 saturated carbocycles. The van der Waals surface area contributed by atoms with Gasteiger partial charge in [0.2, 0.25) is 0 Å². The second-order valence-corrected chi connectivity index (χ2v) is 7.07. The molecule has 1 unspecified atom stereocenters. The molecule has 0 aliphatic carbocycles. The van der Waals surface area contributed by atoms with Crippen LogP contribution in [0.5, 0.6) is 5.75 Å². The second kappa shape index (κ2) is 5.28. The van der Waals surface area contributed by atoms with Crippen LogP contribution in [0.4, 0.5) is 0 Å². The maximum absolute atomic E-state index is 11.5. The number of rotatable bonds is 3. The minimum atomic E-state index is -2.90. The molecule has 1 saturated heterocycles. The summed E-state index contributed by atoms with van der Waals surface area (Å²) in [6.07, 6.45) is 0. The fourth-order valence-corrected chi connectivity index (χ4v) is 3.45. The molecule has 1 heterocycles. The predicted molar refractivity (Wildman–Crippen MR) is 71.9 cm³/mol. The molecule has 1 fully saturated rings. The molecule has 5 heteroatoms. The highest BCUT2D eigenvalue weighted by Crippen LogP contribution is 2.19. The zero-order valence-electron chi connectivity index (χ0n) is 10.8. The Morgan fingerprint density at radius 1 is 1.39 bits per heavy atom. The van der Waals surface area contributed by atoms with Crippen molar-refractivity contribution in [3.63, 3.8) is 0 Å². The van der Waals surface area contributed by atoms with Gasteiger partial charge < -0.3 is 10.1 Å². The van der Waals surface area contributed by atoms with Crippen molar-refractivity contribution in [2.45, 2.75) is 19.9 Å². The van der Waals surface area contributed by atoms with Crippen molar-refractivity contribution in [2.75, 3.05) is 24.7 Å². The highest BCUT2D eigenvalue weighted by molar-refractivity contribution is 7.91. The molecule has 0 radical (unpaired) electrons. The van der Waals surface area contributed by atoms with E-state index in [1.54, 1.807) is 0 Å². The molecule has 100 valence electrons. The standard InChI is InChI=1S/C13H19NO3S/c1-10-3-4-11(2)13(7-10)17-8-12-9-18(15,16)6-5-14-12/h3-4,7,12,14H,5-6,8-9H2,1-2H3. The molecule has 0 spiro atoms. The molecule has 1 N–H and O–H groups in total. The van der Waals surface area contributed by atoms with Crippen molar-refractivity contribution < 1.29 is 13.2 Å². The van der Waals surface area contributed by atoms with Gasteiger partial charge in [-0.15, -0.1) is 0 Å². The third-order valence-electron chi connectivity index (χ3n) is 3.08. The van der Waals surface area contributed by atoms with Gasteiger partial charge in [0.15, 0.2) is 9.84 Å². The number of nitrogens with one attached hydrogen (secondary N) is 1. The maximum atomic E-state index is 11.5. The van der Waals surface area contributed by atoms with Crippen molar-refractivity contribution in [1.82, 2.24) is 5.32 Å². The van der Waals surface area contributed by atoms with Gasteiger partial charge in [0.25, 0.3) is 0 Å². The third kappa shape index (κ3) is 3.46. The minimum Gasteiger partial charge on any atom is -0.492 e. The molecule has 1 aromatic carbocycles. The molecule has 0 aromatic heterocycles. The van der Waals surface area contributed by atoms with Gasteiger partial charge in [-0.25, -0.2) is 8.42 Å². The van der Waals surface area contributed by atoms with Crippen LogP contribution in [0.15, 0.2) is 18.2 Å². The lowest BCUT2D eigenvalue weighted by Gasteiger charge is -2.24. The monoisotopic (exact) mass is 269 g/mol. The van der Waals surface area contributed by atoms with Crippen LogP contribution in [0.3, 0.4) is 0 Å². The molecule has 18 heavy (non-hydrogen) atoms. The SMILES string of the molecule is Cc1ccc(C)c(OCC2CS(=O)(=O)CCN2)c1. The number of aryl methyl sites for hydroxylation is 2. The Bertz CT molecular complexity index is 525. The van der Waals surface area contributed by atoms with Gasteiger partial charge in [-0.2, -0.15) is 0 Å². The highest BCUT2D eigenvalue weighted by atomic mass is 32.2. The van der Waals surface area contributed by atoms with Gasteiger partial charge in [-0.05, 0) is 31.0 Å². The van der Waals surface area contributed by atoms with Crippen molar-refractivity contribution in [1.29, 1.82) is 0 Å². The fraction of sp³-hybridized carbons (Fsp3) is 0.538. The molecule has 1 aliphatic heterocycles. The van der Waals surface area contributed by atoms with E-state index in [2.05, 4.69) is 5.32 Å². The molecule has 2 rings (SSSR count). The van der Waals surface area contributed by atoms with E-state index in [4.69, 9.17) is 4.74 Å². The summed E-state index contributed by atoms with van der Waals surface area (Å²) in [5, 5.41) is 3.17. The fourth-order valence-electron chi connectivity index (χ4n) is 2.03. The third-order valence-corrected chi connectivity index (χ3v) is 4.82. The number of hydrogen-bond acceptors (Lipinski definition) is 4. The van der Waals surface area contributed by atoms with Crippen LogP contribution in [0.2, 0.25) is 0 Å². The Kier molecular flexibility index (Phi) is 3.92. The lowest BCUT2D eigenvalue weighted by Crippen LogP contribution is -2.48. The van der Waals surface area contributed by atoms with Gasteiger partial charge >= 0.3 is 0 Å². The van der Waals surface area contributed by atoms with E-state index in [0.29, 0.717) is 13.2 Å². The molecule has 0 bridgehead atoms. The Hall–Kier alpha value is -1.07. The van der Waals surface area contributed by atoms with Gasteiger partial charge in [-0.1, -0.05) is 12.1 Å². The van der Waals surface area contributed by atoms with Crippen LogP contribution >= 0.6 is 0 Å². The highest BCUT2D eigenvalue weighted by Gasteiger charge is 2.24. The molecular formula is C13H19NO3S. The topological polar surface area (TPSA) is 55.4 Å².